The third-order valence-corrected chi connectivity index (χ3v) is 9.14. The Balaban J connectivity index is 4.08. The second-order valence-electron chi connectivity index (χ2n) is 12.7. The van der Waals surface area contributed by atoms with E-state index in [1.807, 2.05) is 0 Å². The Morgan fingerprint density at radius 1 is 0.596 bits per heavy atom. The molecule has 276 valence electrons. The van der Waals surface area contributed by atoms with Gasteiger partial charge in [-0.2, -0.15) is 0 Å². The highest BCUT2D eigenvalue weighted by atomic mass is 31.2. The van der Waals surface area contributed by atoms with Gasteiger partial charge >= 0.3 is 19.8 Å². The summed E-state index contributed by atoms with van der Waals surface area (Å²) in [6, 6.07) is 0. The fourth-order valence-electron chi connectivity index (χ4n) is 5.22. The van der Waals surface area contributed by atoms with Crippen LogP contribution in [0.3, 0.4) is 0 Å². The number of carbonyl (C=O) groups is 2. The molecule has 0 amide bonds. The van der Waals surface area contributed by atoms with E-state index in [1.54, 1.807) is 0 Å². The summed E-state index contributed by atoms with van der Waals surface area (Å²) in [5.74, 6) is -0.816. The molecule has 0 fully saturated rings. The molecule has 9 heteroatoms. The Bertz CT molecular complexity index is 829. The number of carbonyl (C=O) groups excluding carboxylic acids is 2. The van der Waals surface area contributed by atoms with Gasteiger partial charge in [0.25, 0.3) is 0 Å². The van der Waals surface area contributed by atoms with Crippen LogP contribution in [0.4, 0.5) is 0 Å². The lowest BCUT2D eigenvalue weighted by Crippen LogP contribution is -2.29. The average molecular weight is 687 g/mol. The Morgan fingerprint density at radius 2 is 1.02 bits per heavy atom. The molecule has 0 rings (SSSR count). The second-order valence-corrected chi connectivity index (χ2v) is 14.3. The van der Waals surface area contributed by atoms with Crippen molar-refractivity contribution in [3.8, 4) is 0 Å². The molecule has 0 saturated carbocycles. The van der Waals surface area contributed by atoms with Crippen molar-refractivity contribution in [2.24, 2.45) is 0 Å². The highest BCUT2D eigenvalue weighted by Gasteiger charge is 2.24. The third-order valence-electron chi connectivity index (χ3n) is 8.20. The van der Waals surface area contributed by atoms with E-state index in [0.29, 0.717) is 12.8 Å². The van der Waals surface area contributed by atoms with Gasteiger partial charge in [-0.05, 0) is 44.9 Å². The molecule has 0 spiro atoms. The van der Waals surface area contributed by atoms with Crippen LogP contribution in [-0.4, -0.2) is 43.3 Å². The number of esters is 2. The zero-order valence-electron chi connectivity index (χ0n) is 30.4. The molecule has 0 aromatic heterocycles. The van der Waals surface area contributed by atoms with E-state index in [4.69, 9.17) is 14.0 Å². The topological polar surface area (TPSA) is 108 Å². The molecular formula is C38H71O8P. The van der Waals surface area contributed by atoms with Crippen LogP contribution in [0.25, 0.3) is 0 Å². The summed E-state index contributed by atoms with van der Waals surface area (Å²) >= 11 is 0. The number of allylic oxidation sites excluding steroid dienone is 4. The van der Waals surface area contributed by atoms with Gasteiger partial charge in [-0.25, -0.2) is 4.57 Å². The maximum Gasteiger partial charge on any atom is 0.472 e. The number of unbranched alkanes of at least 4 members (excludes halogenated alkanes) is 20. The van der Waals surface area contributed by atoms with Gasteiger partial charge in [-0.1, -0.05) is 147 Å². The highest BCUT2D eigenvalue weighted by Crippen LogP contribution is 2.42. The monoisotopic (exact) mass is 686 g/mol. The largest absolute Gasteiger partial charge is 0.472 e. The summed E-state index contributed by atoms with van der Waals surface area (Å²) in [6.45, 7) is 3.84. The zero-order valence-corrected chi connectivity index (χ0v) is 31.3. The zero-order chi connectivity index (χ0) is 34.7. The van der Waals surface area contributed by atoms with Crippen LogP contribution >= 0.6 is 7.82 Å². The van der Waals surface area contributed by atoms with Gasteiger partial charge in [0, 0.05) is 20.0 Å². The molecule has 0 aromatic carbocycles. The quantitative estimate of drug-likeness (QED) is 0.0304. The summed E-state index contributed by atoms with van der Waals surface area (Å²) in [6.07, 6.45) is 36.5. The summed E-state index contributed by atoms with van der Waals surface area (Å²) in [5.41, 5.74) is 0. The number of ether oxygens (including phenoxy) is 2. The Morgan fingerprint density at radius 3 is 1.53 bits per heavy atom. The minimum atomic E-state index is -4.26. The van der Waals surface area contributed by atoms with Gasteiger partial charge < -0.3 is 14.4 Å². The summed E-state index contributed by atoms with van der Waals surface area (Å²) < 4.78 is 31.8. The maximum atomic E-state index is 12.4. The molecule has 2 unspecified atom stereocenters. The van der Waals surface area contributed by atoms with E-state index in [2.05, 4.69) is 42.7 Å². The lowest BCUT2D eigenvalue weighted by Gasteiger charge is -2.19. The maximum absolute atomic E-state index is 12.4. The molecule has 0 aliphatic carbocycles. The predicted molar refractivity (Wildman–Crippen MR) is 193 cm³/mol. The van der Waals surface area contributed by atoms with Crippen molar-refractivity contribution < 1.29 is 37.6 Å². The van der Waals surface area contributed by atoms with Crippen LogP contribution in [0.2, 0.25) is 0 Å². The Labute approximate surface area is 288 Å². The van der Waals surface area contributed by atoms with E-state index in [9.17, 15) is 19.0 Å². The molecule has 0 aromatic rings. The molecule has 0 bridgehead atoms. The lowest BCUT2D eigenvalue weighted by molar-refractivity contribution is -0.161. The number of hydrogen-bond donors (Lipinski definition) is 1. The first-order chi connectivity index (χ1) is 22.8. The smallest absolute Gasteiger partial charge is 0.462 e. The predicted octanol–water partition coefficient (Wildman–Crippen LogP) is 11.5. The van der Waals surface area contributed by atoms with E-state index < -0.39 is 26.5 Å². The van der Waals surface area contributed by atoms with Crippen LogP contribution < -0.4 is 0 Å². The standard InChI is InChI=1S/C38H71O8P/c1-4-6-8-10-12-14-16-18-19-21-23-25-27-29-31-33-38(40)46-36(35-45-47(41,42)43-3)34-44-37(39)32-30-28-26-24-22-20-17-15-13-11-9-7-5-2/h12,14,18-19,36H,4-11,13,15-17,20-35H2,1-3H3,(H,41,42). The fraction of sp³-hybridized carbons (Fsp3) is 0.842. The molecule has 8 nitrogen and oxygen atoms in total. The van der Waals surface area contributed by atoms with Crippen LogP contribution in [-0.2, 0) is 32.7 Å². The van der Waals surface area contributed by atoms with Gasteiger partial charge in [-0.3, -0.25) is 18.6 Å². The number of hydrogen-bond acceptors (Lipinski definition) is 7. The van der Waals surface area contributed by atoms with Crippen LogP contribution in [0.1, 0.15) is 181 Å². The number of phosphoric ester groups is 1. The molecule has 0 heterocycles. The summed E-state index contributed by atoms with van der Waals surface area (Å²) in [5, 5.41) is 0. The second kappa shape index (κ2) is 34.4. The van der Waals surface area contributed by atoms with Gasteiger partial charge in [0.05, 0.1) is 6.61 Å². The van der Waals surface area contributed by atoms with E-state index in [-0.39, 0.29) is 19.0 Å². The average Bonchev–Trinajstić information content (AvgIpc) is 3.06. The third kappa shape index (κ3) is 34.2. The summed E-state index contributed by atoms with van der Waals surface area (Å²) in [4.78, 5) is 34.3. The van der Waals surface area contributed by atoms with E-state index >= 15 is 0 Å². The van der Waals surface area contributed by atoms with Crippen molar-refractivity contribution in [2.75, 3.05) is 20.3 Å². The van der Waals surface area contributed by atoms with Gasteiger partial charge in [-0.15, -0.1) is 0 Å². The normalized spacial score (nSPS) is 13.7. The first-order valence-electron chi connectivity index (χ1n) is 19.0. The number of phosphoric acid groups is 1. The van der Waals surface area contributed by atoms with Crippen molar-refractivity contribution in [3.63, 3.8) is 0 Å². The minimum Gasteiger partial charge on any atom is -0.462 e. The molecule has 0 radical (unpaired) electrons. The van der Waals surface area contributed by atoms with E-state index in [1.165, 1.54) is 89.9 Å². The first-order valence-corrected chi connectivity index (χ1v) is 20.5. The van der Waals surface area contributed by atoms with Crippen molar-refractivity contribution in [3.05, 3.63) is 24.3 Å². The van der Waals surface area contributed by atoms with Gasteiger partial charge in [0.15, 0.2) is 6.10 Å². The highest BCUT2D eigenvalue weighted by molar-refractivity contribution is 7.47. The lowest BCUT2D eigenvalue weighted by atomic mass is 10.0. The van der Waals surface area contributed by atoms with Crippen molar-refractivity contribution in [1.82, 2.24) is 0 Å². The Hall–Kier alpha value is -1.47. The van der Waals surface area contributed by atoms with Crippen molar-refractivity contribution >= 4 is 19.8 Å². The molecule has 0 aliphatic rings. The molecule has 47 heavy (non-hydrogen) atoms. The molecule has 0 saturated heterocycles. The Kier molecular flexibility index (Phi) is 33.3. The first kappa shape index (κ1) is 45.5. The molecule has 0 aliphatic heterocycles. The van der Waals surface area contributed by atoms with Gasteiger partial charge in [0.2, 0.25) is 0 Å². The molecule has 1 N–H and O–H groups in total. The summed E-state index contributed by atoms with van der Waals surface area (Å²) in [7, 11) is -3.20. The minimum absolute atomic E-state index is 0.227. The number of rotatable bonds is 35. The molecular weight excluding hydrogens is 615 g/mol. The molecule has 2 atom stereocenters. The van der Waals surface area contributed by atoms with Crippen LogP contribution in [0.15, 0.2) is 24.3 Å². The van der Waals surface area contributed by atoms with Crippen molar-refractivity contribution in [1.29, 1.82) is 0 Å². The van der Waals surface area contributed by atoms with Crippen LogP contribution in [0, 0.1) is 0 Å². The van der Waals surface area contributed by atoms with E-state index in [0.717, 1.165) is 64.9 Å². The fourth-order valence-corrected chi connectivity index (χ4v) is 5.68. The van der Waals surface area contributed by atoms with Crippen molar-refractivity contribution in [2.45, 2.75) is 187 Å². The van der Waals surface area contributed by atoms with Crippen LogP contribution in [0.5, 0.6) is 0 Å². The van der Waals surface area contributed by atoms with Gasteiger partial charge in [0.1, 0.15) is 6.61 Å². The SMILES string of the molecule is CCCCCC=CCC=CCCCCCCCC(=O)OC(COC(=O)CCCCCCCCCCCCCCC)COP(=O)(O)OC.